The zero-order chi connectivity index (χ0) is 14.0. The Bertz CT molecular complexity index is 568. The summed E-state index contributed by atoms with van der Waals surface area (Å²) in [7, 11) is -3.39. The van der Waals surface area contributed by atoms with Crippen molar-refractivity contribution in [2.75, 3.05) is 24.1 Å². The van der Waals surface area contributed by atoms with Crippen LogP contribution in [0, 0.1) is 0 Å². The minimum atomic E-state index is -3.39. The van der Waals surface area contributed by atoms with Gasteiger partial charge in [-0.05, 0) is 6.42 Å². The summed E-state index contributed by atoms with van der Waals surface area (Å²) in [6.45, 7) is 1.14. The second-order valence-electron chi connectivity index (χ2n) is 4.52. The summed E-state index contributed by atoms with van der Waals surface area (Å²) in [5, 5.41) is 7.69. The first-order chi connectivity index (χ1) is 8.83. The van der Waals surface area contributed by atoms with E-state index >= 15 is 0 Å². The number of nitrogens with one attached hydrogen (secondary N) is 1. The Kier molecular flexibility index (Phi) is 3.71. The van der Waals surface area contributed by atoms with Crippen molar-refractivity contribution in [3.05, 3.63) is 6.20 Å². The van der Waals surface area contributed by atoms with Gasteiger partial charge in [0.2, 0.25) is 15.9 Å². The van der Waals surface area contributed by atoms with Gasteiger partial charge in [0.15, 0.2) is 5.82 Å². The van der Waals surface area contributed by atoms with E-state index in [4.69, 9.17) is 5.73 Å². The number of carbonyl (C=O) groups is 1. The molecule has 1 fully saturated rings. The second-order valence-corrected chi connectivity index (χ2v) is 6.27. The SMILES string of the molecule is CS(=O)(=O)Nc1cnn(CC(=O)N2CCC(N)C2)n1. The summed E-state index contributed by atoms with van der Waals surface area (Å²) in [5.41, 5.74) is 5.72. The third-order valence-corrected chi connectivity index (χ3v) is 3.26. The molecule has 0 saturated carbocycles. The molecule has 1 aliphatic rings. The molecule has 3 N–H and O–H groups in total. The number of hydrogen-bond donors (Lipinski definition) is 2. The molecule has 1 aliphatic heterocycles. The van der Waals surface area contributed by atoms with Gasteiger partial charge in [-0.25, -0.2) is 8.42 Å². The molecule has 1 saturated heterocycles. The molecule has 0 radical (unpaired) electrons. The van der Waals surface area contributed by atoms with Crippen LogP contribution in [0.15, 0.2) is 6.20 Å². The Hall–Kier alpha value is -1.68. The van der Waals surface area contributed by atoms with Crippen LogP contribution in [0.3, 0.4) is 0 Å². The Morgan fingerprint density at radius 2 is 2.37 bits per heavy atom. The molecule has 10 heteroatoms. The lowest BCUT2D eigenvalue weighted by Gasteiger charge is -2.14. The lowest BCUT2D eigenvalue weighted by molar-refractivity contribution is -0.131. The molecular weight excluding hydrogens is 272 g/mol. The highest BCUT2D eigenvalue weighted by Crippen LogP contribution is 2.08. The molecule has 9 nitrogen and oxygen atoms in total. The number of anilines is 1. The van der Waals surface area contributed by atoms with Gasteiger partial charge in [-0.2, -0.15) is 9.90 Å². The van der Waals surface area contributed by atoms with Crippen LogP contribution in [0.1, 0.15) is 6.42 Å². The molecular formula is C9H16N6O3S. The maximum absolute atomic E-state index is 11.9. The van der Waals surface area contributed by atoms with Gasteiger partial charge in [-0.15, -0.1) is 5.10 Å². The van der Waals surface area contributed by atoms with Crippen molar-refractivity contribution in [1.82, 2.24) is 19.9 Å². The first-order valence-corrected chi connectivity index (χ1v) is 7.64. The highest BCUT2D eigenvalue weighted by atomic mass is 32.2. The van der Waals surface area contributed by atoms with Gasteiger partial charge in [-0.3, -0.25) is 9.52 Å². The molecule has 0 aliphatic carbocycles. The van der Waals surface area contributed by atoms with Crippen molar-refractivity contribution in [3.8, 4) is 0 Å². The van der Waals surface area contributed by atoms with E-state index in [9.17, 15) is 13.2 Å². The Morgan fingerprint density at radius 3 is 2.95 bits per heavy atom. The average molecular weight is 288 g/mol. The van der Waals surface area contributed by atoms with Crippen LogP contribution < -0.4 is 10.5 Å². The van der Waals surface area contributed by atoms with Gasteiger partial charge in [0.1, 0.15) is 6.54 Å². The quantitative estimate of drug-likeness (QED) is 0.674. The summed E-state index contributed by atoms with van der Waals surface area (Å²) in [6, 6.07) is 0.0250. The highest BCUT2D eigenvalue weighted by Gasteiger charge is 2.24. The summed E-state index contributed by atoms with van der Waals surface area (Å²) < 4.78 is 24.2. The van der Waals surface area contributed by atoms with E-state index in [1.165, 1.54) is 6.20 Å². The molecule has 106 valence electrons. The Balaban J connectivity index is 1.94. The normalized spacial score (nSPS) is 19.7. The molecule has 1 unspecified atom stereocenters. The topological polar surface area (TPSA) is 123 Å². The number of nitrogens with two attached hydrogens (primary N) is 1. The summed E-state index contributed by atoms with van der Waals surface area (Å²) in [6.07, 6.45) is 3.06. The van der Waals surface area contributed by atoms with Gasteiger partial charge >= 0.3 is 0 Å². The van der Waals surface area contributed by atoms with E-state index < -0.39 is 10.0 Å². The first kappa shape index (κ1) is 13.7. The highest BCUT2D eigenvalue weighted by molar-refractivity contribution is 7.92. The van der Waals surface area contributed by atoms with E-state index in [1.807, 2.05) is 0 Å². The monoisotopic (exact) mass is 288 g/mol. The van der Waals surface area contributed by atoms with E-state index in [1.54, 1.807) is 4.90 Å². The second kappa shape index (κ2) is 5.13. The van der Waals surface area contributed by atoms with Gasteiger partial charge in [0, 0.05) is 19.1 Å². The lowest BCUT2D eigenvalue weighted by Crippen LogP contribution is -2.34. The maximum Gasteiger partial charge on any atom is 0.246 e. The number of likely N-dealkylation sites (tertiary alicyclic amines) is 1. The van der Waals surface area contributed by atoms with E-state index in [-0.39, 0.29) is 24.3 Å². The minimum Gasteiger partial charge on any atom is -0.339 e. The summed E-state index contributed by atoms with van der Waals surface area (Å²) >= 11 is 0. The zero-order valence-corrected chi connectivity index (χ0v) is 11.3. The van der Waals surface area contributed by atoms with E-state index in [0.717, 1.165) is 17.5 Å². The molecule has 1 aromatic heterocycles. The molecule has 1 atom stereocenters. The van der Waals surface area contributed by atoms with Crippen molar-refractivity contribution in [2.24, 2.45) is 5.73 Å². The van der Waals surface area contributed by atoms with E-state index in [0.29, 0.717) is 13.1 Å². The molecule has 1 aromatic rings. The number of nitrogens with zero attached hydrogens (tertiary/aromatic N) is 4. The van der Waals surface area contributed by atoms with Crippen LogP contribution in [-0.2, 0) is 21.4 Å². The molecule has 19 heavy (non-hydrogen) atoms. The Labute approximate surface area is 110 Å². The molecule has 2 rings (SSSR count). The fourth-order valence-electron chi connectivity index (χ4n) is 1.85. The molecule has 2 heterocycles. The average Bonchev–Trinajstić information content (AvgIpc) is 2.85. The molecule has 0 bridgehead atoms. The lowest BCUT2D eigenvalue weighted by atomic mass is 10.3. The maximum atomic E-state index is 11.9. The predicted octanol–water partition coefficient (Wildman–Crippen LogP) is -1.79. The van der Waals surface area contributed by atoms with Crippen molar-refractivity contribution in [3.63, 3.8) is 0 Å². The fourth-order valence-corrected chi connectivity index (χ4v) is 2.32. The van der Waals surface area contributed by atoms with Crippen LogP contribution in [0.25, 0.3) is 0 Å². The van der Waals surface area contributed by atoms with Crippen LogP contribution in [0.4, 0.5) is 5.82 Å². The third kappa shape index (κ3) is 3.89. The smallest absolute Gasteiger partial charge is 0.246 e. The standard InChI is InChI=1S/C9H16N6O3S/c1-19(17,18)13-8-4-11-15(12-8)6-9(16)14-3-2-7(10)5-14/h4,7H,2-3,5-6,10H2,1H3,(H,12,13). The van der Waals surface area contributed by atoms with Crippen LogP contribution in [0.5, 0.6) is 0 Å². The van der Waals surface area contributed by atoms with Gasteiger partial charge in [0.25, 0.3) is 0 Å². The van der Waals surface area contributed by atoms with Crippen molar-refractivity contribution >= 4 is 21.7 Å². The number of aromatic nitrogens is 3. The Morgan fingerprint density at radius 1 is 1.63 bits per heavy atom. The first-order valence-electron chi connectivity index (χ1n) is 5.75. The van der Waals surface area contributed by atoms with Crippen LogP contribution >= 0.6 is 0 Å². The largest absolute Gasteiger partial charge is 0.339 e. The van der Waals surface area contributed by atoms with Crippen molar-refractivity contribution in [2.45, 2.75) is 19.0 Å². The predicted molar refractivity (Wildman–Crippen MR) is 67.7 cm³/mol. The number of hydrogen-bond acceptors (Lipinski definition) is 6. The van der Waals surface area contributed by atoms with Gasteiger partial charge in [-0.1, -0.05) is 0 Å². The van der Waals surface area contributed by atoms with Gasteiger partial charge in [0.05, 0.1) is 12.5 Å². The minimum absolute atomic E-state index is 0.0250. The molecule has 1 amide bonds. The molecule has 0 spiro atoms. The third-order valence-electron chi connectivity index (χ3n) is 2.68. The van der Waals surface area contributed by atoms with Crippen molar-refractivity contribution < 1.29 is 13.2 Å². The van der Waals surface area contributed by atoms with Crippen LogP contribution in [0.2, 0.25) is 0 Å². The number of rotatable bonds is 4. The zero-order valence-electron chi connectivity index (χ0n) is 10.5. The fraction of sp³-hybridized carbons (Fsp3) is 0.667. The van der Waals surface area contributed by atoms with Crippen molar-refractivity contribution in [1.29, 1.82) is 0 Å². The number of sulfonamides is 1. The summed E-state index contributed by atoms with van der Waals surface area (Å²) in [4.78, 5) is 14.7. The van der Waals surface area contributed by atoms with Gasteiger partial charge < -0.3 is 10.6 Å². The number of amides is 1. The van der Waals surface area contributed by atoms with E-state index in [2.05, 4.69) is 14.9 Å². The molecule has 0 aromatic carbocycles. The number of carbonyl (C=O) groups excluding carboxylic acids is 1. The van der Waals surface area contributed by atoms with Crippen LogP contribution in [-0.4, -0.2) is 59.6 Å². The summed E-state index contributed by atoms with van der Waals surface area (Å²) in [5.74, 6) is -0.0390.